The van der Waals surface area contributed by atoms with Gasteiger partial charge in [-0.1, -0.05) is 12.1 Å². The average Bonchev–Trinajstić information content (AvgIpc) is 2.58. The molecular formula is C16H20F2N3O4P. The second-order valence-corrected chi connectivity index (χ2v) is 6.84. The van der Waals surface area contributed by atoms with Gasteiger partial charge in [-0.15, -0.1) is 0 Å². The van der Waals surface area contributed by atoms with Crippen molar-refractivity contribution in [2.45, 2.75) is 26.9 Å². The molecule has 7 nitrogen and oxygen atoms in total. The Balaban J connectivity index is 2.18. The highest BCUT2D eigenvalue weighted by atomic mass is 31.2. The zero-order valence-corrected chi connectivity index (χ0v) is 15.5. The molecule has 1 atom stereocenters. The SMILES string of the molecule is CCOP(=O)(Nc1nc(OC(C)c2ccc(F)cc2)ncc1F)OCC. The lowest BCUT2D eigenvalue weighted by molar-refractivity contribution is 0.206. The van der Waals surface area contributed by atoms with E-state index in [4.69, 9.17) is 13.8 Å². The number of hydrogen-bond acceptors (Lipinski definition) is 6. The predicted molar refractivity (Wildman–Crippen MR) is 91.9 cm³/mol. The van der Waals surface area contributed by atoms with E-state index in [0.717, 1.165) is 6.20 Å². The van der Waals surface area contributed by atoms with E-state index in [1.165, 1.54) is 12.1 Å². The minimum atomic E-state index is -3.76. The van der Waals surface area contributed by atoms with E-state index in [2.05, 4.69) is 15.1 Å². The van der Waals surface area contributed by atoms with E-state index >= 15 is 0 Å². The van der Waals surface area contributed by atoms with Crippen LogP contribution in [0.1, 0.15) is 32.4 Å². The lowest BCUT2D eigenvalue weighted by Gasteiger charge is -2.19. The Morgan fingerprint density at radius 2 is 1.77 bits per heavy atom. The second-order valence-electron chi connectivity index (χ2n) is 5.11. The maximum absolute atomic E-state index is 14.0. The van der Waals surface area contributed by atoms with Crippen molar-refractivity contribution in [1.29, 1.82) is 0 Å². The van der Waals surface area contributed by atoms with Crippen molar-refractivity contribution < 1.29 is 27.1 Å². The third-order valence-electron chi connectivity index (χ3n) is 3.18. The Morgan fingerprint density at radius 1 is 1.15 bits per heavy atom. The summed E-state index contributed by atoms with van der Waals surface area (Å²) in [6.45, 7) is 5.16. The van der Waals surface area contributed by atoms with Crippen molar-refractivity contribution in [3.05, 3.63) is 47.7 Å². The van der Waals surface area contributed by atoms with Gasteiger partial charge in [-0.05, 0) is 38.5 Å². The monoisotopic (exact) mass is 387 g/mol. The summed E-state index contributed by atoms with van der Waals surface area (Å²) in [6.07, 6.45) is 0.365. The maximum atomic E-state index is 14.0. The summed E-state index contributed by atoms with van der Waals surface area (Å²) in [4.78, 5) is 7.63. The highest BCUT2D eigenvalue weighted by Gasteiger charge is 2.26. The largest absolute Gasteiger partial charge is 0.456 e. The number of nitrogens with zero attached hydrogens (tertiary/aromatic N) is 2. The fourth-order valence-electron chi connectivity index (χ4n) is 2.02. The highest BCUT2D eigenvalue weighted by molar-refractivity contribution is 7.55. The molecule has 1 aromatic carbocycles. The number of rotatable bonds is 9. The molecule has 1 N–H and O–H groups in total. The Hall–Kier alpha value is -2.09. The third kappa shape index (κ3) is 5.45. The third-order valence-corrected chi connectivity index (χ3v) is 4.87. The summed E-state index contributed by atoms with van der Waals surface area (Å²) >= 11 is 0. The lowest BCUT2D eigenvalue weighted by Crippen LogP contribution is -2.10. The first-order chi connectivity index (χ1) is 12.4. The zero-order valence-electron chi connectivity index (χ0n) is 14.6. The van der Waals surface area contributed by atoms with Gasteiger partial charge in [-0.25, -0.2) is 18.3 Å². The molecule has 0 bridgehead atoms. The molecule has 1 heterocycles. The van der Waals surface area contributed by atoms with Gasteiger partial charge >= 0.3 is 13.8 Å². The summed E-state index contributed by atoms with van der Waals surface area (Å²) in [5, 5.41) is 2.34. The Bertz CT molecular complexity index is 767. The van der Waals surface area contributed by atoms with Gasteiger partial charge in [0.05, 0.1) is 19.4 Å². The molecule has 142 valence electrons. The second kappa shape index (κ2) is 9.02. The fraction of sp³-hybridized carbons (Fsp3) is 0.375. The number of halogens is 2. The van der Waals surface area contributed by atoms with Crippen molar-refractivity contribution in [2.24, 2.45) is 0 Å². The van der Waals surface area contributed by atoms with Crippen LogP contribution in [0.4, 0.5) is 14.6 Å². The molecule has 10 heteroatoms. The highest BCUT2D eigenvalue weighted by Crippen LogP contribution is 2.47. The Labute approximate surface area is 150 Å². The molecule has 1 aromatic heterocycles. The number of aromatic nitrogens is 2. The van der Waals surface area contributed by atoms with Crippen LogP contribution in [0.3, 0.4) is 0 Å². The van der Waals surface area contributed by atoms with Gasteiger partial charge in [0.25, 0.3) is 0 Å². The zero-order chi connectivity index (χ0) is 19.2. The first-order valence-corrected chi connectivity index (χ1v) is 9.53. The minimum absolute atomic E-state index is 0.0991. The van der Waals surface area contributed by atoms with Crippen LogP contribution in [0.2, 0.25) is 0 Å². The van der Waals surface area contributed by atoms with E-state index in [9.17, 15) is 13.3 Å². The van der Waals surface area contributed by atoms with Crippen LogP contribution in [0.5, 0.6) is 6.01 Å². The molecule has 2 rings (SSSR count). The lowest BCUT2D eigenvalue weighted by atomic mass is 10.1. The first-order valence-electron chi connectivity index (χ1n) is 7.99. The normalized spacial score (nSPS) is 12.7. The summed E-state index contributed by atoms with van der Waals surface area (Å²) in [7, 11) is -3.76. The van der Waals surface area contributed by atoms with Crippen LogP contribution < -0.4 is 9.82 Å². The number of benzene rings is 1. The molecule has 2 aromatic rings. The maximum Gasteiger partial charge on any atom is 0.433 e. The van der Waals surface area contributed by atoms with E-state index in [-0.39, 0.29) is 30.9 Å². The molecule has 0 spiro atoms. The average molecular weight is 387 g/mol. The van der Waals surface area contributed by atoms with Gasteiger partial charge < -0.3 is 4.74 Å². The van der Waals surface area contributed by atoms with Gasteiger partial charge in [0.15, 0.2) is 11.6 Å². The van der Waals surface area contributed by atoms with Crippen molar-refractivity contribution in [2.75, 3.05) is 18.3 Å². The summed E-state index contributed by atoms with van der Waals surface area (Å²) in [6, 6.07) is 5.56. The molecule has 0 saturated carbocycles. The van der Waals surface area contributed by atoms with Gasteiger partial charge in [-0.2, -0.15) is 4.98 Å². The summed E-state index contributed by atoms with van der Waals surface area (Å²) in [5.74, 6) is -1.58. The molecule has 0 fully saturated rings. The van der Waals surface area contributed by atoms with Crippen molar-refractivity contribution in [1.82, 2.24) is 9.97 Å². The van der Waals surface area contributed by atoms with Crippen LogP contribution in [-0.4, -0.2) is 23.2 Å². The standard InChI is InChI=1S/C16H20F2N3O4P/c1-4-23-26(22,24-5-2)21-15-14(18)10-19-16(20-15)25-11(3)12-6-8-13(17)9-7-12/h6-11H,4-5H2,1-3H3,(H,19,20,21,22). The Kier molecular flexibility index (Phi) is 7.02. The summed E-state index contributed by atoms with van der Waals surface area (Å²) in [5.41, 5.74) is 0.683. The van der Waals surface area contributed by atoms with Crippen LogP contribution in [0.15, 0.2) is 30.5 Å². The predicted octanol–water partition coefficient (Wildman–Crippen LogP) is 4.49. The molecule has 0 amide bonds. The van der Waals surface area contributed by atoms with Gasteiger partial charge in [0.1, 0.15) is 11.9 Å². The summed E-state index contributed by atoms with van der Waals surface area (Å²) < 4.78 is 55.1. The van der Waals surface area contributed by atoms with Gasteiger partial charge in [0, 0.05) is 0 Å². The van der Waals surface area contributed by atoms with E-state index in [0.29, 0.717) is 5.56 Å². The number of ether oxygens (including phenoxy) is 1. The molecule has 0 aliphatic heterocycles. The molecule has 0 saturated heterocycles. The fourth-order valence-corrected chi connectivity index (χ4v) is 3.32. The number of nitrogens with one attached hydrogen (secondary N) is 1. The number of hydrogen-bond donors (Lipinski definition) is 1. The van der Waals surface area contributed by atoms with Gasteiger partial charge in [0.2, 0.25) is 0 Å². The molecule has 0 aliphatic rings. The van der Waals surface area contributed by atoms with E-state index in [1.54, 1.807) is 32.9 Å². The first kappa shape index (κ1) is 20.2. The molecule has 0 radical (unpaired) electrons. The quantitative estimate of drug-likeness (QED) is 0.635. The van der Waals surface area contributed by atoms with Gasteiger partial charge in [-0.3, -0.25) is 14.1 Å². The Morgan fingerprint density at radius 3 is 2.35 bits per heavy atom. The van der Waals surface area contributed by atoms with Crippen LogP contribution in [0.25, 0.3) is 0 Å². The molecule has 0 aliphatic carbocycles. The van der Waals surface area contributed by atoms with Crippen LogP contribution >= 0.6 is 7.75 Å². The topological polar surface area (TPSA) is 82.6 Å². The molecular weight excluding hydrogens is 367 g/mol. The van der Waals surface area contributed by atoms with E-state index in [1.807, 2.05) is 0 Å². The van der Waals surface area contributed by atoms with Crippen molar-refractivity contribution >= 4 is 13.6 Å². The molecule has 26 heavy (non-hydrogen) atoms. The van der Waals surface area contributed by atoms with Crippen LogP contribution in [0, 0.1) is 11.6 Å². The number of anilines is 1. The minimum Gasteiger partial charge on any atom is -0.456 e. The van der Waals surface area contributed by atoms with Crippen molar-refractivity contribution in [3.8, 4) is 6.01 Å². The van der Waals surface area contributed by atoms with Crippen LogP contribution in [-0.2, 0) is 13.6 Å². The van der Waals surface area contributed by atoms with Crippen molar-refractivity contribution in [3.63, 3.8) is 0 Å². The van der Waals surface area contributed by atoms with E-state index < -0.39 is 19.7 Å². The molecule has 1 unspecified atom stereocenters. The smallest absolute Gasteiger partial charge is 0.433 e.